The van der Waals surface area contributed by atoms with E-state index in [-0.39, 0.29) is 28.7 Å². The SMILES string of the molecule is COc1ccc(S(N)(=O)=O)cc1C(=O)N1C[C@@H](Cc2cc(C)no2)[C@H](O)C1. The maximum absolute atomic E-state index is 12.9. The van der Waals surface area contributed by atoms with Crippen molar-refractivity contribution in [1.82, 2.24) is 10.1 Å². The number of amides is 1. The largest absolute Gasteiger partial charge is 0.496 e. The molecule has 1 aliphatic rings. The number of rotatable bonds is 5. The Labute approximate surface area is 156 Å². The van der Waals surface area contributed by atoms with Crippen LogP contribution < -0.4 is 9.88 Å². The smallest absolute Gasteiger partial charge is 0.257 e. The van der Waals surface area contributed by atoms with Gasteiger partial charge in [-0.05, 0) is 25.1 Å². The summed E-state index contributed by atoms with van der Waals surface area (Å²) in [5.74, 6) is 0.220. The first-order chi connectivity index (χ1) is 12.7. The van der Waals surface area contributed by atoms with E-state index in [4.69, 9.17) is 14.4 Å². The zero-order valence-corrected chi connectivity index (χ0v) is 15.8. The summed E-state index contributed by atoms with van der Waals surface area (Å²) in [6.07, 6.45) is -0.285. The summed E-state index contributed by atoms with van der Waals surface area (Å²) in [5, 5.41) is 19.3. The van der Waals surface area contributed by atoms with Crippen molar-refractivity contribution >= 4 is 15.9 Å². The number of carbonyl (C=O) groups is 1. The van der Waals surface area contributed by atoms with Gasteiger partial charge in [0.1, 0.15) is 11.5 Å². The zero-order valence-electron chi connectivity index (χ0n) is 15.0. The number of sulfonamides is 1. The van der Waals surface area contributed by atoms with Gasteiger partial charge in [0.15, 0.2) is 0 Å². The summed E-state index contributed by atoms with van der Waals surface area (Å²) in [6, 6.07) is 5.64. The molecule has 1 aromatic carbocycles. The van der Waals surface area contributed by atoms with Crippen molar-refractivity contribution in [1.29, 1.82) is 0 Å². The van der Waals surface area contributed by atoms with Gasteiger partial charge in [-0.1, -0.05) is 5.16 Å². The van der Waals surface area contributed by atoms with Gasteiger partial charge in [0.05, 0.1) is 29.4 Å². The maximum atomic E-state index is 12.9. The molecule has 3 rings (SSSR count). The Morgan fingerprint density at radius 3 is 2.74 bits per heavy atom. The lowest BCUT2D eigenvalue weighted by Gasteiger charge is -2.18. The van der Waals surface area contributed by atoms with Crippen LogP contribution in [0.15, 0.2) is 33.7 Å². The number of likely N-dealkylation sites (tertiary alicyclic amines) is 1. The fourth-order valence-corrected chi connectivity index (χ4v) is 3.73. The van der Waals surface area contributed by atoms with Crippen LogP contribution in [-0.2, 0) is 16.4 Å². The Hall–Kier alpha value is -2.43. The predicted molar refractivity (Wildman–Crippen MR) is 94.7 cm³/mol. The van der Waals surface area contributed by atoms with Crippen LogP contribution in [0.1, 0.15) is 21.8 Å². The van der Waals surface area contributed by atoms with Gasteiger partial charge in [-0.25, -0.2) is 13.6 Å². The van der Waals surface area contributed by atoms with Crippen molar-refractivity contribution in [3.05, 3.63) is 41.3 Å². The number of nitrogens with zero attached hydrogens (tertiary/aromatic N) is 2. The Balaban J connectivity index is 1.81. The number of aliphatic hydroxyl groups excluding tert-OH is 1. The highest BCUT2D eigenvalue weighted by Gasteiger charge is 2.36. The molecular formula is C17H21N3O6S. The molecule has 10 heteroatoms. The molecule has 0 radical (unpaired) electrons. The number of aryl methyl sites for hydroxylation is 1. The number of hydrogen-bond donors (Lipinski definition) is 2. The van der Waals surface area contributed by atoms with Gasteiger partial charge in [0.25, 0.3) is 5.91 Å². The number of primary sulfonamides is 1. The van der Waals surface area contributed by atoms with E-state index in [1.807, 2.05) is 0 Å². The molecule has 1 aliphatic heterocycles. The first kappa shape index (κ1) is 19.3. The lowest BCUT2D eigenvalue weighted by atomic mass is 10.0. The average molecular weight is 395 g/mol. The van der Waals surface area contributed by atoms with Crippen LogP contribution in [0, 0.1) is 12.8 Å². The van der Waals surface area contributed by atoms with Crippen LogP contribution in [-0.4, -0.2) is 55.8 Å². The molecule has 3 N–H and O–H groups in total. The predicted octanol–water partition coefficient (Wildman–Crippen LogP) is 0.315. The molecule has 2 heterocycles. The normalized spacial score (nSPS) is 20.1. The Kier molecular flexibility index (Phi) is 5.22. The third kappa shape index (κ3) is 4.12. The van der Waals surface area contributed by atoms with E-state index in [0.29, 0.717) is 18.7 Å². The van der Waals surface area contributed by atoms with Crippen molar-refractivity contribution < 1.29 is 27.6 Å². The van der Waals surface area contributed by atoms with E-state index >= 15 is 0 Å². The highest BCUT2D eigenvalue weighted by atomic mass is 32.2. The van der Waals surface area contributed by atoms with Crippen LogP contribution in [0.3, 0.4) is 0 Å². The van der Waals surface area contributed by atoms with Crippen LogP contribution >= 0.6 is 0 Å². The van der Waals surface area contributed by atoms with Gasteiger partial charge < -0.3 is 19.3 Å². The van der Waals surface area contributed by atoms with Gasteiger partial charge in [-0.15, -0.1) is 0 Å². The number of methoxy groups -OCH3 is 1. The minimum absolute atomic E-state index is 0.0763. The molecule has 2 atom stereocenters. The summed E-state index contributed by atoms with van der Waals surface area (Å²) in [5.41, 5.74) is 0.822. The number of benzene rings is 1. The third-order valence-electron chi connectivity index (χ3n) is 4.56. The quantitative estimate of drug-likeness (QED) is 0.744. The van der Waals surface area contributed by atoms with Crippen molar-refractivity contribution in [2.24, 2.45) is 11.1 Å². The highest BCUT2D eigenvalue weighted by Crippen LogP contribution is 2.28. The van der Waals surface area contributed by atoms with Crippen molar-refractivity contribution in [2.75, 3.05) is 20.2 Å². The van der Waals surface area contributed by atoms with Crippen molar-refractivity contribution in [3.63, 3.8) is 0 Å². The third-order valence-corrected chi connectivity index (χ3v) is 5.47. The van der Waals surface area contributed by atoms with Gasteiger partial charge in [0.2, 0.25) is 10.0 Å². The van der Waals surface area contributed by atoms with E-state index in [2.05, 4.69) is 5.16 Å². The number of β-amino-alcohol motifs (C(OH)–C–C–N with tert-alkyl or cyclic N) is 1. The summed E-state index contributed by atoms with van der Waals surface area (Å²) in [7, 11) is -2.58. The first-order valence-electron chi connectivity index (χ1n) is 8.29. The Morgan fingerprint density at radius 1 is 1.41 bits per heavy atom. The molecule has 1 saturated heterocycles. The highest BCUT2D eigenvalue weighted by molar-refractivity contribution is 7.89. The standard InChI is InChI=1S/C17H21N3O6S/c1-10-5-12(26-19-10)6-11-8-20(9-15(11)21)17(22)14-7-13(27(18,23)24)3-4-16(14)25-2/h3-5,7,11,15,21H,6,8-9H2,1-2H3,(H2,18,23,24)/t11-,15-/m1/s1. The van der Waals surface area contributed by atoms with Gasteiger partial charge >= 0.3 is 0 Å². The molecule has 1 aromatic heterocycles. The van der Waals surface area contributed by atoms with Crippen molar-refractivity contribution in [3.8, 4) is 5.75 Å². The molecule has 146 valence electrons. The molecule has 0 aliphatic carbocycles. The number of ether oxygens (including phenoxy) is 1. The lowest BCUT2D eigenvalue weighted by Crippen LogP contribution is -2.30. The second kappa shape index (κ2) is 7.29. The maximum Gasteiger partial charge on any atom is 0.257 e. The fourth-order valence-electron chi connectivity index (χ4n) is 3.19. The number of aliphatic hydroxyl groups is 1. The number of carbonyl (C=O) groups excluding carboxylic acids is 1. The van der Waals surface area contributed by atoms with Gasteiger partial charge in [-0.2, -0.15) is 0 Å². The minimum Gasteiger partial charge on any atom is -0.496 e. The second-order valence-corrected chi connectivity index (χ2v) is 8.14. The number of aromatic nitrogens is 1. The van der Waals surface area contributed by atoms with Gasteiger partial charge in [-0.3, -0.25) is 4.79 Å². The Morgan fingerprint density at radius 2 is 2.15 bits per heavy atom. The van der Waals surface area contributed by atoms with Crippen LogP contribution in [0.25, 0.3) is 0 Å². The molecular weight excluding hydrogens is 374 g/mol. The lowest BCUT2D eigenvalue weighted by molar-refractivity contribution is 0.0761. The van der Waals surface area contributed by atoms with Gasteiger partial charge in [0, 0.05) is 31.5 Å². The molecule has 1 fully saturated rings. The summed E-state index contributed by atoms with van der Waals surface area (Å²) >= 11 is 0. The summed E-state index contributed by atoms with van der Waals surface area (Å²) < 4.78 is 33.5. The summed E-state index contributed by atoms with van der Waals surface area (Å²) in [6.45, 7) is 2.22. The van der Waals surface area contributed by atoms with Crippen LogP contribution in [0.2, 0.25) is 0 Å². The van der Waals surface area contributed by atoms with Crippen molar-refractivity contribution in [2.45, 2.75) is 24.3 Å². The second-order valence-electron chi connectivity index (χ2n) is 6.58. The van der Waals surface area contributed by atoms with E-state index in [0.717, 1.165) is 5.69 Å². The molecule has 1 amide bonds. The Bertz CT molecular complexity index is 955. The molecule has 0 unspecified atom stereocenters. The topological polar surface area (TPSA) is 136 Å². The summed E-state index contributed by atoms with van der Waals surface area (Å²) in [4.78, 5) is 14.2. The molecule has 0 saturated carbocycles. The molecule has 27 heavy (non-hydrogen) atoms. The van der Waals surface area contributed by atoms with Crippen LogP contribution in [0.4, 0.5) is 0 Å². The molecule has 0 spiro atoms. The molecule has 9 nitrogen and oxygen atoms in total. The van der Waals surface area contributed by atoms with Crippen LogP contribution in [0.5, 0.6) is 5.75 Å². The zero-order chi connectivity index (χ0) is 19.8. The first-order valence-corrected chi connectivity index (χ1v) is 9.84. The minimum atomic E-state index is -3.96. The number of nitrogens with two attached hydrogens (primary N) is 1. The molecule has 2 aromatic rings. The van der Waals surface area contributed by atoms with E-state index in [1.54, 1.807) is 13.0 Å². The van der Waals surface area contributed by atoms with E-state index in [1.165, 1.54) is 30.2 Å². The van der Waals surface area contributed by atoms with E-state index < -0.39 is 22.0 Å². The van der Waals surface area contributed by atoms with E-state index in [9.17, 15) is 18.3 Å². The fraction of sp³-hybridized carbons (Fsp3) is 0.412. The molecule has 0 bridgehead atoms. The average Bonchev–Trinajstić information content (AvgIpc) is 3.19. The monoisotopic (exact) mass is 395 g/mol. The number of hydrogen-bond acceptors (Lipinski definition) is 7.